The molecule has 0 radical (unpaired) electrons. The van der Waals surface area contributed by atoms with Crippen molar-refractivity contribution in [1.29, 1.82) is 0 Å². The molecule has 0 aliphatic rings. The molecule has 0 fully saturated rings. The van der Waals surface area contributed by atoms with Gasteiger partial charge in [0, 0.05) is 6.54 Å². The van der Waals surface area contributed by atoms with E-state index in [2.05, 4.69) is 26.4 Å². The summed E-state index contributed by atoms with van der Waals surface area (Å²) in [5.41, 5.74) is 7.13. The topological polar surface area (TPSA) is 132 Å². The summed E-state index contributed by atoms with van der Waals surface area (Å²) in [5.74, 6) is -0.448. The van der Waals surface area contributed by atoms with Gasteiger partial charge in [-0.1, -0.05) is 0 Å². The lowest BCUT2D eigenvalue weighted by Gasteiger charge is -2.11. The Labute approximate surface area is 154 Å². The van der Waals surface area contributed by atoms with Crippen molar-refractivity contribution in [2.24, 2.45) is 0 Å². The van der Waals surface area contributed by atoms with E-state index < -0.39 is 10.8 Å². The van der Waals surface area contributed by atoms with Gasteiger partial charge in [0.25, 0.3) is 5.91 Å². The molecule has 0 aliphatic carbocycles. The van der Waals surface area contributed by atoms with Crippen LogP contribution in [0.15, 0.2) is 6.20 Å². The summed E-state index contributed by atoms with van der Waals surface area (Å²) in [6.07, 6.45) is 1.64. The minimum Gasteiger partial charge on any atom is -0.329 e. The maximum absolute atomic E-state index is 12.0. The highest BCUT2D eigenvalue weighted by molar-refractivity contribution is 7.80. The van der Waals surface area contributed by atoms with Gasteiger partial charge in [-0.15, -0.1) is 0 Å². The lowest BCUT2D eigenvalue weighted by molar-refractivity contribution is -0.386. The molecule has 1 amide bonds. The van der Waals surface area contributed by atoms with Gasteiger partial charge in [0.2, 0.25) is 0 Å². The number of hydrogen-bond donors (Lipinski definition) is 3. The third-order valence-corrected chi connectivity index (χ3v) is 3.99. The van der Waals surface area contributed by atoms with Gasteiger partial charge in [-0.2, -0.15) is 10.2 Å². The van der Waals surface area contributed by atoms with Crippen LogP contribution < -0.4 is 16.2 Å². The summed E-state index contributed by atoms with van der Waals surface area (Å²) < 4.78 is 3.08. The van der Waals surface area contributed by atoms with Crippen LogP contribution in [0.2, 0.25) is 0 Å². The van der Waals surface area contributed by atoms with E-state index >= 15 is 0 Å². The Kier molecular flexibility index (Phi) is 5.87. The molecule has 0 aromatic carbocycles. The molecule has 2 rings (SSSR count). The number of nitro groups is 1. The number of thiocarbonyl (C=S) groups is 1. The lowest BCUT2D eigenvalue weighted by atomic mass is 10.3. The molecule has 11 nitrogen and oxygen atoms in total. The number of hydrazine groups is 1. The molecule has 12 heteroatoms. The van der Waals surface area contributed by atoms with E-state index in [4.69, 9.17) is 12.2 Å². The van der Waals surface area contributed by atoms with E-state index in [9.17, 15) is 14.9 Å². The minimum atomic E-state index is -0.512. The molecule has 2 aromatic heterocycles. The number of carbonyl (C=O) groups is 1. The highest BCUT2D eigenvalue weighted by Crippen LogP contribution is 2.21. The molecule has 0 unspecified atom stereocenters. The Bertz CT molecular complexity index is 857. The lowest BCUT2D eigenvalue weighted by Crippen LogP contribution is -2.45. The molecule has 2 aromatic rings. The monoisotopic (exact) mass is 380 g/mol. The molecule has 0 bridgehead atoms. The van der Waals surface area contributed by atoms with Crippen LogP contribution >= 0.6 is 12.2 Å². The van der Waals surface area contributed by atoms with Crippen molar-refractivity contribution in [3.05, 3.63) is 33.4 Å². The van der Waals surface area contributed by atoms with Crippen LogP contribution in [-0.2, 0) is 17.9 Å². The first-order valence-corrected chi connectivity index (χ1v) is 8.22. The third-order valence-electron chi connectivity index (χ3n) is 3.79. The second-order valence-electron chi connectivity index (χ2n) is 5.52. The van der Waals surface area contributed by atoms with Crippen molar-refractivity contribution in [1.82, 2.24) is 30.4 Å². The van der Waals surface area contributed by atoms with E-state index in [-0.39, 0.29) is 23.0 Å². The number of carbonyl (C=O) groups excluding carboxylic acids is 1. The van der Waals surface area contributed by atoms with Gasteiger partial charge in [0.15, 0.2) is 5.11 Å². The van der Waals surface area contributed by atoms with Crippen LogP contribution in [0.4, 0.5) is 11.4 Å². The second kappa shape index (κ2) is 7.91. The zero-order valence-corrected chi connectivity index (χ0v) is 15.7. The Morgan fingerprint density at radius 2 is 1.96 bits per heavy atom. The van der Waals surface area contributed by atoms with Crippen LogP contribution in [0.3, 0.4) is 0 Å². The average molecular weight is 380 g/mol. The quantitative estimate of drug-likeness (QED) is 0.397. The standard InChI is InChI=1S/C14H20N8O3S/c1-5-20-9(3)11(6-15-20)16-14(26)18-17-12(23)7-21-10(4)13(22(24)25)8(2)19-21/h6H,5,7H2,1-4H3,(H,17,23)(H2,16,18,26). The zero-order chi connectivity index (χ0) is 19.4. The smallest absolute Gasteiger partial charge is 0.312 e. The zero-order valence-electron chi connectivity index (χ0n) is 14.9. The number of anilines is 1. The van der Waals surface area contributed by atoms with Crippen molar-refractivity contribution in [2.45, 2.75) is 40.8 Å². The van der Waals surface area contributed by atoms with E-state index in [0.717, 1.165) is 17.9 Å². The van der Waals surface area contributed by atoms with E-state index in [0.29, 0.717) is 5.69 Å². The molecule has 0 spiro atoms. The summed E-state index contributed by atoms with van der Waals surface area (Å²) in [7, 11) is 0. The first kappa shape index (κ1) is 19.3. The van der Waals surface area contributed by atoms with Gasteiger partial charge >= 0.3 is 5.69 Å². The Balaban J connectivity index is 1.90. The molecular formula is C14H20N8O3S. The van der Waals surface area contributed by atoms with E-state index in [1.54, 1.807) is 17.8 Å². The minimum absolute atomic E-state index is 0.0913. The fourth-order valence-corrected chi connectivity index (χ4v) is 2.61. The molecule has 0 atom stereocenters. The second-order valence-corrected chi connectivity index (χ2v) is 5.93. The number of rotatable bonds is 5. The van der Waals surface area contributed by atoms with Crippen LogP contribution in [0.25, 0.3) is 0 Å². The predicted octanol–water partition coefficient (Wildman–Crippen LogP) is 0.951. The number of nitrogens with zero attached hydrogens (tertiary/aromatic N) is 5. The first-order valence-electron chi connectivity index (χ1n) is 7.81. The maximum atomic E-state index is 12.0. The highest BCUT2D eigenvalue weighted by atomic mass is 32.1. The van der Waals surface area contributed by atoms with Gasteiger partial charge in [-0.3, -0.25) is 35.1 Å². The maximum Gasteiger partial charge on any atom is 0.312 e. The fourth-order valence-electron chi connectivity index (χ4n) is 2.45. The SMILES string of the molecule is CCn1ncc(NC(=S)NNC(=O)Cn2nc(C)c([N+](=O)[O-])c2C)c1C. The highest BCUT2D eigenvalue weighted by Gasteiger charge is 2.22. The summed E-state index contributed by atoms with van der Waals surface area (Å²) in [5, 5.41) is 22.3. The van der Waals surface area contributed by atoms with Crippen LogP contribution in [0, 0.1) is 30.9 Å². The molecule has 0 aliphatic heterocycles. The number of nitrogens with one attached hydrogen (secondary N) is 3. The van der Waals surface area contributed by atoms with Crippen LogP contribution in [0.5, 0.6) is 0 Å². The third kappa shape index (κ3) is 4.14. The van der Waals surface area contributed by atoms with Crippen LogP contribution in [-0.4, -0.2) is 35.5 Å². The van der Waals surface area contributed by atoms with Crippen molar-refractivity contribution >= 4 is 34.6 Å². The summed E-state index contributed by atoms with van der Waals surface area (Å²) >= 11 is 5.12. The molecule has 0 saturated carbocycles. The average Bonchev–Trinajstić information content (AvgIpc) is 3.05. The number of amides is 1. The van der Waals surface area contributed by atoms with Gasteiger partial charge < -0.3 is 5.32 Å². The molecule has 2 heterocycles. The van der Waals surface area contributed by atoms with Gasteiger partial charge in [-0.25, -0.2) is 0 Å². The Hall–Kier alpha value is -3.02. The van der Waals surface area contributed by atoms with Gasteiger partial charge in [0.1, 0.15) is 17.9 Å². The van der Waals surface area contributed by atoms with E-state index in [1.165, 1.54) is 11.6 Å². The summed E-state index contributed by atoms with van der Waals surface area (Å²) in [6.45, 7) is 7.50. The normalized spacial score (nSPS) is 10.5. The van der Waals surface area contributed by atoms with Crippen molar-refractivity contribution < 1.29 is 9.72 Å². The van der Waals surface area contributed by atoms with E-state index in [1.807, 2.05) is 13.8 Å². The van der Waals surface area contributed by atoms with Gasteiger partial charge in [0.05, 0.1) is 22.5 Å². The molecule has 26 heavy (non-hydrogen) atoms. The molecule has 140 valence electrons. The van der Waals surface area contributed by atoms with Crippen molar-refractivity contribution in [2.75, 3.05) is 5.32 Å². The van der Waals surface area contributed by atoms with Crippen LogP contribution in [0.1, 0.15) is 24.0 Å². The first-order chi connectivity index (χ1) is 12.2. The number of aryl methyl sites for hydroxylation is 2. The van der Waals surface area contributed by atoms with Gasteiger partial charge in [-0.05, 0) is 39.9 Å². The molecule has 0 saturated heterocycles. The molecule has 3 N–H and O–H groups in total. The fraction of sp³-hybridized carbons (Fsp3) is 0.429. The Morgan fingerprint density at radius 1 is 1.27 bits per heavy atom. The number of aromatic nitrogens is 4. The molecular weight excluding hydrogens is 360 g/mol. The summed E-state index contributed by atoms with van der Waals surface area (Å²) in [4.78, 5) is 22.5. The number of hydrogen-bond acceptors (Lipinski definition) is 6. The van der Waals surface area contributed by atoms with Crippen molar-refractivity contribution in [3.63, 3.8) is 0 Å². The van der Waals surface area contributed by atoms with Crippen molar-refractivity contribution in [3.8, 4) is 0 Å². The summed E-state index contributed by atoms with van der Waals surface area (Å²) in [6, 6.07) is 0. The largest absolute Gasteiger partial charge is 0.329 e. The Morgan fingerprint density at radius 3 is 2.50 bits per heavy atom. The predicted molar refractivity (Wildman–Crippen MR) is 98.5 cm³/mol.